The minimum atomic E-state index is -3.11. The van der Waals surface area contributed by atoms with E-state index in [1.807, 2.05) is 34.6 Å². The van der Waals surface area contributed by atoms with Gasteiger partial charge in [0.05, 0.1) is 25.0 Å². The lowest BCUT2D eigenvalue weighted by Crippen LogP contribution is -2.23. The maximum atomic E-state index is 12.6. The van der Waals surface area contributed by atoms with Crippen molar-refractivity contribution in [2.75, 3.05) is 38.7 Å². The summed E-state index contributed by atoms with van der Waals surface area (Å²) in [5.74, 6) is 0.565. The van der Waals surface area contributed by atoms with Crippen molar-refractivity contribution in [2.45, 2.75) is 53.2 Å². The Balaban J connectivity index is 4.13. The number of hydrogen-bond donors (Lipinski definition) is 1. The van der Waals surface area contributed by atoms with E-state index in [-0.39, 0.29) is 12.2 Å². The molecule has 0 saturated heterocycles. The van der Waals surface area contributed by atoms with Gasteiger partial charge in [-0.05, 0) is 45.5 Å². The average molecular weight is 405 g/mol. The van der Waals surface area contributed by atoms with Crippen molar-refractivity contribution >= 4 is 25.8 Å². The SMILES string of the molecule is CCCOP(=O)(OC)SCCNCCP(=O)(OC(C)C)OC(C)C. The maximum Gasteiger partial charge on any atom is 0.388 e. The topological polar surface area (TPSA) is 83.1 Å². The van der Waals surface area contributed by atoms with Crippen molar-refractivity contribution in [1.82, 2.24) is 5.32 Å². The molecule has 0 aliphatic heterocycles. The summed E-state index contributed by atoms with van der Waals surface area (Å²) < 4.78 is 46.0. The Kier molecular flexibility index (Phi) is 13.2. The van der Waals surface area contributed by atoms with Gasteiger partial charge in [0.15, 0.2) is 0 Å². The molecule has 0 aliphatic carbocycles. The highest BCUT2D eigenvalue weighted by Crippen LogP contribution is 2.59. The van der Waals surface area contributed by atoms with E-state index in [0.29, 0.717) is 31.6 Å². The van der Waals surface area contributed by atoms with E-state index >= 15 is 0 Å². The lowest BCUT2D eigenvalue weighted by Gasteiger charge is -2.23. The molecule has 7 nitrogen and oxygen atoms in total. The molecule has 0 spiro atoms. The second-order valence-electron chi connectivity index (χ2n) is 5.69. The highest BCUT2D eigenvalue weighted by Gasteiger charge is 2.27. The Bertz CT molecular complexity index is 408. The fraction of sp³-hybridized carbons (Fsp3) is 1.00. The van der Waals surface area contributed by atoms with Gasteiger partial charge in [-0.3, -0.25) is 4.57 Å². The lowest BCUT2D eigenvalue weighted by molar-refractivity contribution is 0.142. The molecule has 10 heteroatoms. The van der Waals surface area contributed by atoms with Gasteiger partial charge in [-0.2, -0.15) is 0 Å². The van der Waals surface area contributed by atoms with Crippen LogP contribution in [0.2, 0.25) is 0 Å². The summed E-state index contributed by atoms with van der Waals surface area (Å²) in [6, 6.07) is 0. The van der Waals surface area contributed by atoms with Gasteiger partial charge in [0.25, 0.3) is 0 Å². The van der Waals surface area contributed by atoms with E-state index in [2.05, 4.69) is 5.32 Å². The molecule has 0 radical (unpaired) electrons. The third-order valence-corrected chi connectivity index (χ3v) is 8.68. The van der Waals surface area contributed by atoms with Crippen molar-refractivity contribution in [3.05, 3.63) is 0 Å². The first-order valence-corrected chi connectivity index (χ1v) is 13.1. The largest absolute Gasteiger partial charge is 0.388 e. The molecular weight excluding hydrogens is 372 g/mol. The van der Waals surface area contributed by atoms with Crippen LogP contribution in [-0.4, -0.2) is 50.9 Å². The fourth-order valence-corrected chi connectivity index (χ4v) is 6.53. The zero-order valence-electron chi connectivity index (χ0n) is 15.6. The van der Waals surface area contributed by atoms with Gasteiger partial charge in [0.2, 0.25) is 0 Å². The van der Waals surface area contributed by atoms with E-state index in [9.17, 15) is 9.13 Å². The van der Waals surface area contributed by atoms with Crippen LogP contribution in [0.1, 0.15) is 41.0 Å². The molecular formula is C14H33NO6P2S. The molecule has 1 atom stereocenters. The first-order chi connectivity index (χ1) is 11.2. The fourth-order valence-electron chi connectivity index (χ4n) is 1.69. The Morgan fingerprint density at radius 2 is 1.62 bits per heavy atom. The van der Waals surface area contributed by atoms with Gasteiger partial charge in [-0.15, -0.1) is 0 Å². The predicted molar refractivity (Wildman–Crippen MR) is 101 cm³/mol. The molecule has 0 rings (SSSR count). The summed E-state index contributed by atoms with van der Waals surface area (Å²) in [5.41, 5.74) is 0. The third kappa shape index (κ3) is 12.0. The first kappa shape index (κ1) is 24.6. The van der Waals surface area contributed by atoms with Crippen LogP contribution in [0.4, 0.5) is 0 Å². The van der Waals surface area contributed by atoms with Crippen LogP contribution in [0.15, 0.2) is 0 Å². The second kappa shape index (κ2) is 12.9. The lowest BCUT2D eigenvalue weighted by atomic mass is 10.5. The summed E-state index contributed by atoms with van der Waals surface area (Å²) in [4.78, 5) is 0. The molecule has 1 unspecified atom stereocenters. The van der Waals surface area contributed by atoms with Crippen molar-refractivity contribution in [2.24, 2.45) is 0 Å². The minimum absolute atomic E-state index is 0.159. The summed E-state index contributed by atoms with van der Waals surface area (Å²) in [6.07, 6.45) is 0.761. The summed E-state index contributed by atoms with van der Waals surface area (Å²) in [5, 5.41) is 3.16. The molecule has 146 valence electrons. The Morgan fingerprint density at radius 3 is 2.08 bits per heavy atom. The Hall–Kier alpha value is 0.610. The molecule has 0 saturated carbocycles. The van der Waals surface area contributed by atoms with E-state index < -0.39 is 14.4 Å². The minimum Gasteiger partial charge on any atom is -0.315 e. The summed E-state index contributed by atoms with van der Waals surface area (Å²) in [6.45, 7) is 7.71. The van der Waals surface area contributed by atoms with Gasteiger partial charge >= 0.3 is 14.4 Å². The van der Waals surface area contributed by atoms with Crippen LogP contribution in [0, 0.1) is 0 Å². The molecule has 24 heavy (non-hydrogen) atoms. The molecule has 1 N–H and O–H groups in total. The molecule has 0 amide bonds. The van der Waals surface area contributed by atoms with Gasteiger partial charge in [0.1, 0.15) is 0 Å². The van der Waals surface area contributed by atoms with E-state index in [1.54, 1.807) is 0 Å². The number of nitrogens with one attached hydrogen (secondary N) is 1. The van der Waals surface area contributed by atoms with Crippen molar-refractivity contribution in [3.63, 3.8) is 0 Å². The van der Waals surface area contributed by atoms with Crippen LogP contribution in [0.3, 0.4) is 0 Å². The molecule has 0 aliphatic rings. The van der Waals surface area contributed by atoms with Crippen LogP contribution >= 0.6 is 25.8 Å². The zero-order valence-corrected chi connectivity index (χ0v) is 18.3. The van der Waals surface area contributed by atoms with Crippen molar-refractivity contribution in [1.29, 1.82) is 0 Å². The molecule has 0 aromatic rings. The zero-order chi connectivity index (χ0) is 18.6. The highest BCUT2D eigenvalue weighted by molar-refractivity contribution is 8.55. The predicted octanol–water partition coefficient (Wildman–Crippen LogP) is 4.53. The normalized spacial score (nSPS) is 15.2. The van der Waals surface area contributed by atoms with E-state index in [0.717, 1.165) is 17.8 Å². The molecule has 0 bridgehead atoms. The Morgan fingerprint density at radius 1 is 1.04 bits per heavy atom. The van der Waals surface area contributed by atoms with Gasteiger partial charge in [-0.25, -0.2) is 4.57 Å². The number of rotatable bonds is 15. The Labute approximate surface area is 150 Å². The van der Waals surface area contributed by atoms with Crippen LogP contribution in [-0.2, 0) is 27.2 Å². The molecule has 0 fully saturated rings. The summed E-state index contributed by atoms with van der Waals surface area (Å²) in [7, 11) is -1.72. The van der Waals surface area contributed by atoms with Crippen LogP contribution in [0.25, 0.3) is 0 Å². The van der Waals surface area contributed by atoms with Crippen molar-refractivity contribution < 1.29 is 27.2 Å². The standard InChI is InChI=1S/C14H33NO6P2S/c1-7-10-19-23(17,18-6)24-12-9-15-8-11-22(16,20-13(2)3)21-14(4)5/h13-15H,7-12H2,1-6H3. The smallest absolute Gasteiger partial charge is 0.315 e. The van der Waals surface area contributed by atoms with E-state index in [1.165, 1.54) is 7.11 Å². The van der Waals surface area contributed by atoms with E-state index in [4.69, 9.17) is 18.1 Å². The van der Waals surface area contributed by atoms with Crippen LogP contribution < -0.4 is 5.32 Å². The monoisotopic (exact) mass is 405 g/mol. The molecule has 0 heterocycles. The highest BCUT2D eigenvalue weighted by atomic mass is 32.7. The molecule has 0 aromatic carbocycles. The van der Waals surface area contributed by atoms with Crippen LogP contribution in [0.5, 0.6) is 0 Å². The second-order valence-corrected chi connectivity index (χ2v) is 12.1. The van der Waals surface area contributed by atoms with Gasteiger partial charge in [0, 0.05) is 26.0 Å². The third-order valence-electron chi connectivity index (χ3n) is 2.51. The molecule has 0 aromatic heterocycles. The number of hydrogen-bond acceptors (Lipinski definition) is 8. The first-order valence-electron chi connectivity index (χ1n) is 8.27. The quantitative estimate of drug-likeness (QED) is 0.314. The van der Waals surface area contributed by atoms with Crippen molar-refractivity contribution in [3.8, 4) is 0 Å². The maximum absolute atomic E-state index is 12.6. The van der Waals surface area contributed by atoms with Gasteiger partial charge < -0.3 is 23.4 Å². The average Bonchev–Trinajstić information content (AvgIpc) is 2.47. The summed E-state index contributed by atoms with van der Waals surface area (Å²) >= 11 is 1.16. The van der Waals surface area contributed by atoms with Gasteiger partial charge in [-0.1, -0.05) is 6.92 Å².